The molecule has 0 aliphatic heterocycles. The zero-order chi connectivity index (χ0) is 10.5. The molecule has 0 fully saturated rings. The molecular weight excluding hydrogens is 197 g/mol. The predicted molar refractivity (Wildman–Crippen MR) is 47.7 cm³/mol. The van der Waals surface area contributed by atoms with Crippen LogP contribution in [0.2, 0.25) is 0 Å². The third kappa shape index (κ3) is 7.69. The van der Waals surface area contributed by atoms with Crippen LogP contribution in [-0.2, 0) is 14.9 Å². The Morgan fingerprint density at radius 1 is 1.69 bits per heavy atom. The van der Waals surface area contributed by atoms with Gasteiger partial charge in [0.05, 0.1) is 11.8 Å². The van der Waals surface area contributed by atoms with E-state index >= 15 is 0 Å². The van der Waals surface area contributed by atoms with Crippen molar-refractivity contribution in [2.24, 2.45) is 5.73 Å². The number of hydrogen-bond acceptors (Lipinski definition) is 4. The first-order valence-electron chi connectivity index (χ1n) is 3.81. The van der Waals surface area contributed by atoms with Crippen molar-refractivity contribution in [2.45, 2.75) is 19.4 Å². The summed E-state index contributed by atoms with van der Waals surface area (Å²) in [5.74, 6) is -0.693. The van der Waals surface area contributed by atoms with Gasteiger partial charge in [0.15, 0.2) is 0 Å². The summed E-state index contributed by atoms with van der Waals surface area (Å²) in [6, 6.07) is -0.606. The highest BCUT2D eigenvalue weighted by atomic mass is 32.2. The molecule has 4 N–H and O–H groups in total. The Morgan fingerprint density at radius 3 is 2.62 bits per heavy atom. The molecule has 0 aromatic rings. The highest BCUT2D eigenvalue weighted by Gasteiger charge is 2.07. The smallest absolute Gasteiger partial charge is 0.264 e. The maximum absolute atomic E-state index is 10.8. The number of carbonyl (C=O) groups excluding carboxylic acids is 1. The van der Waals surface area contributed by atoms with E-state index in [0.29, 0.717) is 0 Å². The van der Waals surface area contributed by atoms with Gasteiger partial charge < -0.3 is 11.1 Å². The Balaban J connectivity index is 3.53. The molecule has 0 aromatic heterocycles. The van der Waals surface area contributed by atoms with Crippen LogP contribution in [0.1, 0.15) is 13.3 Å². The van der Waals surface area contributed by atoms with Crippen LogP contribution in [0.25, 0.3) is 0 Å². The van der Waals surface area contributed by atoms with Gasteiger partial charge in [-0.2, -0.15) is 8.42 Å². The fourth-order valence-corrected chi connectivity index (χ4v) is 1.14. The summed E-state index contributed by atoms with van der Waals surface area (Å²) in [5.41, 5.74) is 5.22. The Labute approximate surface area is 77.2 Å². The molecule has 0 aromatic carbocycles. The van der Waals surface area contributed by atoms with Crippen LogP contribution >= 0.6 is 0 Å². The Bertz CT molecular complexity index is 260. The Morgan fingerprint density at radius 2 is 2.23 bits per heavy atom. The van der Waals surface area contributed by atoms with Crippen LogP contribution in [0.3, 0.4) is 0 Å². The predicted octanol–water partition coefficient (Wildman–Crippen LogP) is -1.27. The van der Waals surface area contributed by atoms with Gasteiger partial charge in [-0.1, -0.05) is 0 Å². The summed E-state index contributed by atoms with van der Waals surface area (Å²) in [6.07, 6.45) is 0.178. The monoisotopic (exact) mass is 211 g/mol. The molecule has 6 nitrogen and oxygen atoms in total. The molecule has 13 heavy (non-hydrogen) atoms. The lowest BCUT2D eigenvalue weighted by atomic mass is 10.3. The van der Waals surface area contributed by atoms with Gasteiger partial charge in [0.25, 0.3) is 10.1 Å². The van der Waals surface area contributed by atoms with E-state index in [0.717, 1.165) is 0 Å². The zero-order valence-electron chi connectivity index (χ0n) is 7.36. The summed E-state index contributed by atoms with van der Waals surface area (Å²) in [7, 11) is -3.92. The molecule has 1 atom stereocenters. The number of amides is 1. The fourth-order valence-electron chi connectivity index (χ4n) is 0.627. The lowest BCUT2D eigenvalue weighted by Crippen LogP contribution is -2.39. The zero-order valence-corrected chi connectivity index (χ0v) is 8.17. The van der Waals surface area contributed by atoms with E-state index in [4.69, 9.17) is 10.3 Å². The standard InChI is InChI=1S/C6H14N2O4S/c1-5(7)6(9)8-3-2-4-13(10,11)12/h5H,2-4,7H2,1H3,(H,8,9)(H,10,11,12)/t5-/m0/s1/i9+1. The number of carbonyl (C=O) groups is 1. The van der Waals surface area contributed by atoms with E-state index in [1.807, 2.05) is 0 Å². The van der Waals surface area contributed by atoms with E-state index in [1.54, 1.807) is 0 Å². The van der Waals surface area contributed by atoms with Crippen LogP contribution < -0.4 is 11.1 Å². The average molecular weight is 211 g/mol. The molecule has 0 unspecified atom stereocenters. The molecule has 0 bridgehead atoms. The van der Waals surface area contributed by atoms with E-state index < -0.39 is 16.2 Å². The lowest BCUT2D eigenvalue weighted by molar-refractivity contribution is -0.121. The topological polar surface area (TPSA) is 109 Å². The van der Waals surface area contributed by atoms with E-state index in [9.17, 15) is 13.2 Å². The number of rotatable bonds is 5. The molecule has 0 rings (SSSR count). The second-order valence-electron chi connectivity index (χ2n) is 2.72. The normalized spacial score (nSPS) is 13.8. The van der Waals surface area contributed by atoms with Crippen molar-refractivity contribution in [2.75, 3.05) is 12.3 Å². The molecule has 1 amide bonds. The minimum atomic E-state index is -3.92. The van der Waals surface area contributed by atoms with Crippen LogP contribution in [-0.4, -0.2) is 37.2 Å². The van der Waals surface area contributed by atoms with Gasteiger partial charge in [-0.05, 0) is 13.3 Å². The quantitative estimate of drug-likeness (QED) is 0.388. The van der Waals surface area contributed by atoms with Gasteiger partial charge in [-0.25, -0.2) is 0 Å². The van der Waals surface area contributed by atoms with Crippen LogP contribution in [0, 0.1) is 0 Å². The molecule has 0 heterocycles. The van der Waals surface area contributed by atoms with Gasteiger partial charge in [0.2, 0.25) is 5.91 Å². The minimum absolute atomic E-state index is 0.178. The fraction of sp³-hybridized carbons (Fsp3) is 0.833. The largest absolute Gasteiger partial charge is 0.355 e. The molecule has 7 heteroatoms. The third-order valence-corrected chi connectivity index (χ3v) is 2.10. The number of hydrogen-bond donors (Lipinski definition) is 3. The van der Waals surface area contributed by atoms with Crippen molar-refractivity contribution in [1.29, 1.82) is 0 Å². The van der Waals surface area contributed by atoms with Crippen molar-refractivity contribution in [1.82, 2.24) is 5.32 Å². The molecule has 0 saturated carbocycles. The highest BCUT2D eigenvalue weighted by molar-refractivity contribution is 7.85. The molecular formula is C6H14N2O4S. The van der Waals surface area contributed by atoms with Gasteiger partial charge in [-0.15, -0.1) is 0 Å². The maximum atomic E-state index is 10.8. The molecule has 0 spiro atoms. The van der Waals surface area contributed by atoms with Gasteiger partial charge in [-0.3, -0.25) is 9.35 Å². The Hall–Kier alpha value is -0.660. The SMILES string of the molecule is C[C@H](N)C(=[17O])NCCCS(=O)(=O)O. The van der Waals surface area contributed by atoms with Crippen LogP contribution in [0.15, 0.2) is 0 Å². The summed E-state index contributed by atoms with van der Waals surface area (Å²) in [6.45, 7) is 1.72. The number of nitrogens with one attached hydrogen (secondary N) is 1. The van der Waals surface area contributed by atoms with Crippen molar-refractivity contribution in [3.8, 4) is 0 Å². The molecule has 0 aliphatic carbocycles. The molecule has 0 aliphatic rings. The molecule has 78 valence electrons. The molecule has 0 radical (unpaired) electrons. The summed E-state index contributed by atoms with van der Waals surface area (Å²) >= 11 is 0. The average Bonchev–Trinajstić information content (AvgIpc) is 1.95. The lowest BCUT2D eigenvalue weighted by Gasteiger charge is -2.06. The van der Waals surface area contributed by atoms with Crippen LogP contribution in [0.5, 0.6) is 0 Å². The third-order valence-electron chi connectivity index (χ3n) is 1.29. The van der Waals surface area contributed by atoms with Crippen molar-refractivity contribution in [3.63, 3.8) is 0 Å². The van der Waals surface area contributed by atoms with Gasteiger partial charge in [0, 0.05) is 6.54 Å². The van der Waals surface area contributed by atoms with Crippen LogP contribution in [0.4, 0.5) is 0 Å². The van der Waals surface area contributed by atoms with Crippen molar-refractivity contribution >= 4 is 16.0 Å². The van der Waals surface area contributed by atoms with E-state index in [-0.39, 0.29) is 24.6 Å². The number of nitrogens with two attached hydrogens (primary N) is 1. The second-order valence-corrected chi connectivity index (χ2v) is 4.29. The van der Waals surface area contributed by atoms with Crippen molar-refractivity contribution < 1.29 is 17.8 Å². The Kier molecular flexibility index (Phi) is 4.89. The first-order valence-corrected chi connectivity index (χ1v) is 5.42. The van der Waals surface area contributed by atoms with Gasteiger partial charge in [0.1, 0.15) is 0 Å². The van der Waals surface area contributed by atoms with Crippen molar-refractivity contribution in [3.05, 3.63) is 0 Å². The second kappa shape index (κ2) is 5.15. The summed E-state index contributed by atoms with van der Waals surface area (Å²) in [4.78, 5) is 10.8. The van der Waals surface area contributed by atoms with E-state index in [2.05, 4.69) is 5.32 Å². The minimum Gasteiger partial charge on any atom is -0.355 e. The van der Waals surface area contributed by atoms with E-state index in [1.165, 1.54) is 6.92 Å². The highest BCUT2D eigenvalue weighted by Crippen LogP contribution is 1.86. The first kappa shape index (κ1) is 12.3. The summed E-state index contributed by atoms with van der Waals surface area (Å²) < 4.78 is 28.8. The summed E-state index contributed by atoms with van der Waals surface area (Å²) in [5, 5.41) is 2.42. The maximum Gasteiger partial charge on any atom is 0.264 e. The first-order chi connectivity index (χ1) is 5.83. The van der Waals surface area contributed by atoms with Gasteiger partial charge >= 0.3 is 0 Å². The molecule has 0 saturated heterocycles.